The van der Waals surface area contributed by atoms with Crippen molar-refractivity contribution in [2.24, 2.45) is 0 Å². The summed E-state index contributed by atoms with van der Waals surface area (Å²) in [6, 6.07) is 12.1. The first-order valence-corrected chi connectivity index (χ1v) is 13.1. The minimum Gasteiger partial charge on any atom is -0.494 e. The van der Waals surface area contributed by atoms with E-state index >= 15 is 0 Å². The van der Waals surface area contributed by atoms with Crippen molar-refractivity contribution in [3.05, 3.63) is 42.5 Å². The molecule has 0 aromatic heterocycles. The van der Waals surface area contributed by atoms with Crippen molar-refractivity contribution in [2.75, 3.05) is 30.8 Å². The van der Waals surface area contributed by atoms with Crippen LogP contribution < -0.4 is 14.8 Å². The van der Waals surface area contributed by atoms with Crippen LogP contribution in [-0.4, -0.2) is 50.2 Å². The summed E-state index contributed by atoms with van der Waals surface area (Å²) in [7, 11) is -3.66. The number of ether oxygens (including phenoxy) is 2. The number of hydrogen-bond donors (Lipinski definition) is 1. The van der Waals surface area contributed by atoms with Gasteiger partial charge in [-0.1, -0.05) is 13.8 Å². The van der Waals surface area contributed by atoms with Crippen molar-refractivity contribution >= 4 is 33.4 Å². The fourth-order valence-corrected chi connectivity index (χ4v) is 5.15. The Bertz CT molecular complexity index is 988. The maximum Gasteiger partial charge on any atom is 0.243 e. The number of carbonyl (C=O) groups excluding carboxylic acids is 1. The van der Waals surface area contributed by atoms with Crippen LogP contribution in [0.1, 0.15) is 34.6 Å². The lowest BCUT2D eigenvalue weighted by atomic mass is 10.3. The number of amides is 1. The summed E-state index contributed by atoms with van der Waals surface area (Å²) in [5.41, 5.74) is 0.337. The minimum atomic E-state index is -3.66. The number of nitrogens with one attached hydrogen (secondary N) is 1. The highest BCUT2D eigenvalue weighted by Gasteiger charge is 2.23. The number of nitrogens with zero attached hydrogens (tertiary/aromatic N) is 1. The Hall–Kier alpha value is -2.23. The molecule has 9 heteroatoms. The molecule has 1 amide bonds. The molecule has 0 radical (unpaired) electrons. The van der Waals surface area contributed by atoms with E-state index in [2.05, 4.69) is 5.32 Å². The SMILES string of the molecule is CCOc1ccc(SCC(=O)Nc2cc(S(=O)(=O)N(CC)CC)ccc2OC(C)C)cc1. The van der Waals surface area contributed by atoms with Crippen molar-refractivity contribution in [3.63, 3.8) is 0 Å². The molecule has 7 nitrogen and oxygen atoms in total. The van der Waals surface area contributed by atoms with Crippen LogP contribution in [0.15, 0.2) is 52.3 Å². The van der Waals surface area contributed by atoms with Crippen molar-refractivity contribution in [1.29, 1.82) is 0 Å². The second kappa shape index (κ2) is 12.1. The molecule has 0 saturated heterocycles. The molecule has 0 fully saturated rings. The van der Waals surface area contributed by atoms with E-state index in [-0.39, 0.29) is 22.7 Å². The van der Waals surface area contributed by atoms with Crippen LogP contribution in [0.2, 0.25) is 0 Å². The van der Waals surface area contributed by atoms with Gasteiger partial charge in [-0.25, -0.2) is 8.42 Å². The zero-order valence-corrected chi connectivity index (χ0v) is 20.9. The molecule has 0 heterocycles. The third-order valence-corrected chi connectivity index (χ3v) is 7.49. The van der Waals surface area contributed by atoms with Crippen LogP contribution in [0.5, 0.6) is 11.5 Å². The predicted molar refractivity (Wildman–Crippen MR) is 129 cm³/mol. The number of carbonyl (C=O) groups is 1. The fraction of sp³-hybridized carbons (Fsp3) is 0.435. The second-order valence-corrected chi connectivity index (χ2v) is 10.1. The van der Waals surface area contributed by atoms with Gasteiger partial charge in [-0.15, -0.1) is 11.8 Å². The predicted octanol–water partition coefficient (Wildman–Crippen LogP) is 4.63. The summed E-state index contributed by atoms with van der Waals surface area (Å²) >= 11 is 1.38. The van der Waals surface area contributed by atoms with Gasteiger partial charge in [0.15, 0.2) is 0 Å². The van der Waals surface area contributed by atoms with Crippen molar-refractivity contribution in [2.45, 2.75) is 50.5 Å². The molecular formula is C23H32N2O5S2. The summed E-state index contributed by atoms with van der Waals surface area (Å²) in [6.07, 6.45) is -0.130. The molecule has 0 unspecified atom stereocenters. The Kier molecular flexibility index (Phi) is 9.86. The maximum absolute atomic E-state index is 12.9. The van der Waals surface area contributed by atoms with Crippen LogP contribution in [0, 0.1) is 0 Å². The van der Waals surface area contributed by atoms with E-state index in [1.807, 2.05) is 45.0 Å². The first-order valence-electron chi connectivity index (χ1n) is 10.7. The van der Waals surface area contributed by atoms with Crippen LogP contribution in [0.4, 0.5) is 5.69 Å². The van der Waals surface area contributed by atoms with Gasteiger partial charge in [0.25, 0.3) is 0 Å². The van der Waals surface area contributed by atoms with Gasteiger partial charge in [0, 0.05) is 18.0 Å². The summed E-state index contributed by atoms with van der Waals surface area (Å²) in [4.78, 5) is 13.7. The van der Waals surface area contributed by atoms with Crippen molar-refractivity contribution < 1.29 is 22.7 Å². The Balaban J connectivity index is 2.18. The highest BCUT2D eigenvalue weighted by Crippen LogP contribution is 2.30. The van der Waals surface area contributed by atoms with Crippen molar-refractivity contribution in [3.8, 4) is 11.5 Å². The molecule has 0 aliphatic heterocycles. The Morgan fingerprint density at radius 1 is 1.06 bits per heavy atom. The van der Waals surface area contributed by atoms with E-state index in [9.17, 15) is 13.2 Å². The summed E-state index contributed by atoms with van der Waals surface area (Å²) in [5.74, 6) is 1.12. The van der Waals surface area contributed by atoms with Crippen molar-refractivity contribution in [1.82, 2.24) is 4.31 Å². The van der Waals surface area contributed by atoms with Crippen LogP contribution in [-0.2, 0) is 14.8 Å². The van der Waals surface area contributed by atoms with Gasteiger partial charge < -0.3 is 14.8 Å². The van der Waals surface area contributed by atoms with E-state index in [0.29, 0.717) is 31.1 Å². The number of anilines is 1. The lowest BCUT2D eigenvalue weighted by Gasteiger charge is -2.20. The van der Waals surface area contributed by atoms with Gasteiger partial charge in [-0.2, -0.15) is 4.31 Å². The summed E-state index contributed by atoms with van der Waals surface area (Å²) in [5, 5.41) is 2.81. The number of benzene rings is 2. The molecule has 0 atom stereocenters. The molecule has 32 heavy (non-hydrogen) atoms. The molecular weight excluding hydrogens is 448 g/mol. The van der Waals surface area contributed by atoms with Crippen LogP contribution in [0.25, 0.3) is 0 Å². The quantitative estimate of drug-likeness (QED) is 0.446. The second-order valence-electron chi connectivity index (χ2n) is 7.16. The van der Waals surface area contributed by atoms with Gasteiger partial charge >= 0.3 is 0 Å². The van der Waals surface area contributed by atoms with E-state index in [1.54, 1.807) is 19.9 Å². The molecule has 1 N–H and O–H groups in total. The van der Waals surface area contributed by atoms with Gasteiger partial charge in [0.05, 0.1) is 29.0 Å². The summed E-state index contributed by atoms with van der Waals surface area (Å²) in [6.45, 7) is 10.6. The molecule has 0 saturated carbocycles. The molecule has 2 aromatic rings. The standard InChI is InChI=1S/C23H32N2O5S2/c1-6-25(7-2)32(27,28)20-13-14-22(30-17(4)5)21(15-20)24-23(26)16-31-19-11-9-18(10-12-19)29-8-3/h9-15,17H,6-8,16H2,1-5H3,(H,24,26). The number of rotatable bonds is 12. The van der Waals surface area contributed by atoms with Crippen LogP contribution >= 0.6 is 11.8 Å². The largest absolute Gasteiger partial charge is 0.494 e. The molecule has 176 valence electrons. The number of thioether (sulfide) groups is 1. The highest BCUT2D eigenvalue weighted by atomic mass is 32.2. The molecule has 2 aromatic carbocycles. The molecule has 0 bridgehead atoms. The van der Waals surface area contributed by atoms with E-state index in [0.717, 1.165) is 10.6 Å². The smallest absolute Gasteiger partial charge is 0.243 e. The monoisotopic (exact) mass is 480 g/mol. The third kappa shape index (κ3) is 7.15. The van der Waals surface area contributed by atoms with Gasteiger partial charge in [0.2, 0.25) is 15.9 Å². The van der Waals surface area contributed by atoms with E-state index < -0.39 is 10.0 Å². The zero-order chi connectivity index (χ0) is 23.7. The number of hydrogen-bond acceptors (Lipinski definition) is 6. The third-order valence-electron chi connectivity index (χ3n) is 4.44. The maximum atomic E-state index is 12.9. The van der Waals surface area contributed by atoms with Gasteiger partial charge in [-0.05, 0) is 63.2 Å². The topological polar surface area (TPSA) is 84.9 Å². The highest BCUT2D eigenvalue weighted by molar-refractivity contribution is 8.00. The Morgan fingerprint density at radius 3 is 2.28 bits per heavy atom. The molecule has 2 rings (SSSR count). The zero-order valence-electron chi connectivity index (χ0n) is 19.3. The van der Waals surface area contributed by atoms with Gasteiger partial charge in [-0.3, -0.25) is 4.79 Å². The average Bonchev–Trinajstić information content (AvgIpc) is 2.75. The molecule has 0 aliphatic rings. The van der Waals surface area contributed by atoms with E-state index in [1.165, 1.54) is 28.2 Å². The Labute approximate surface area is 195 Å². The lowest BCUT2D eigenvalue weighted by molar-refractivity contribution is -0.113. The first-order chi connectivity index (χ1) is 15.2. The minimum absolute atomic E-state index is 0.117. The van der Waals surface area contributed by atoms with Gasteiger partial charge in [0.1, 0.15) is 11.5 Å². The first kappa shape index (κ1) is 26.0. The molecule has 0 spiro atoms. The fourth-order valence-electron chi connectivity index (χ4n) is 2.97. The normalized spacial score (nSPS) is 11.6. The lowest BCUT2D eigenvalue weighted by Crippen LogP contribution is -2.30. The average molecular weight is 481 g/mol. The Morgan fingerprint density at radius 2 is 1.72 bits per heavy atom. The molecule has 0 aliphatic carbocycles. The van der Waals surface area contributed by atoms with Crippen LogP contribution in [0.3, 0.4) is 0 Å². The number of sulfonamides is 1. The van der Waals surface area contributed by atoms with E-state index in [4.69, 9.17) is 9.47 Å². The summed E-state index contributed by atoms with van der Waals surface area (Å²) < 4.78 is 38.4.